The Balaban J connectivity index is 2.19. The van der Waals surface area contributed by atoms with Crippen LogP contribution in [0.15, 0.2) is 48.5 Å². The van der Waals surface area contributed by atoms with Gasteiger partial charge in [-0.3, -0.25) is 9.59 Å². The number of rotatable bonds is 10. The fourth-order valence-electron chi connectivity index (χ4n) is 2.99. The van der Waals surface area contributed by atoms with E-state index in [0.29, 0.717) is 17.2 Å². The van der Waals surface area contributed by atoms with Crippen molar-refractivity contribution in [2.75, 3.05) is 13.7 Å². The standard InChI is InChI=1S/C23H29ClN2O4/c1-5-21(23(28)25-16(2)3)26(14-17-6-10-19(29-4)11-7-17)22(27)15-30-20-12-8-18(24)9-13-20/h6-13,16,21H,5,14-15H2,1-4H3,(H,25,28)/t21-/m0/s1. The summed E-state index contributed by atoms with van der Waals surface area (Å²) in [5, 5.41) is 3.49. The molecule has 0 aromatic heterocycles. The summed E-state index contributed by atoms with van der Waals surface area (Å²) in [5.74, 6) is 0.816. The average Bonchev–Trinajstić information content (AvgIpc) is 2.73. The lowest BCUT2D eigenvalue weighted by Gasteiger charge is -2.31. The summed E-state index contributed by atoms with van der Waals surface area (Å²) in [5.41, 5.74) is 0.895. The molecule has 0 unspecified atom stereocenters. The molecule has 0 aliphatic carbocycles. The molecule has 0 heterocycles. The number of ether oxygens (including phenoxy) is 2. The van der Waals surface area contributed by atoms with Crippen molar-refractivity contribution >= 4 is 23.4 Å². The molecule has 1 atom stereocenters. The van der Waals surface area contributed by atoms with Crippen LogP contribution in [0.5, 0.6) is 11.5 Å². The van der Waals surface area contributed by atoms with Gasteiger partial charge in [0.25, 0.3) is 5.91 Å². The predicted octanol–water partition coefficient (Wildman–Crippen LogP) is 4.06. The van der Waals surface area contributed by atoms with Crippen molar-refractivity contribution in [3.63, 3.8) is 0 Å². The minimum atomic E-state index is -0.601. The van der Waals surface area contributed by atoms with Crippen LogP contribution in [0.4, 0.5) is 0 Å². The number of hydrogen-bond donors (Lipinski definition) is 1. The maximum Gasteiger partial charge on any atom is 0.261 e. The van der Waals surface area contributed by atoms with E-state index in [4.69, 9.17) is 21.1 Å². The normalized spacial score (nSPS) is 11.7. The fraction of sp³-hybridized carbons (Fsp3) is 0.391. The molecular formula is C23H29ClN2O4. The molecule has 0 bridgehead atoms. The lowest BCUT2D eigenvalue weighted by molar-refractivity contribution is -0.143. The van der Waals surface area contributed by atoms with Gasteiger partial charge in [0, 0.05) is 17.6 Å². The van der Waals surface area contributed by atoms with Gasteiger partial charge in [-0.2, -0.15) is 0 Å². The second-order valence-corrected chi connectivity index (χ2v) is 7.64. The highest BCUT2D eigenvalue weighted by atomic mass is 35.5. The fourth-order valence-corrected chi connectivity index (χ4v) is 3.11. The van der Waals surface area contributed by atoms with Crippen LogP contribution in [0.1, 0.15) is 32.8 Å². The lowest BCUT2D eigenvalue weighted by atomic mass is 10.1. The first kappa shape index (κ1) is 23.5. The molecule has 6 nitrogen and oxygen atoms in total. The van der Waals surface area contributed by atoms with E-state index in [2.05, 4.69) is 5.32 Å². The zero-order valence-corrected chi connectivity index (χ0v) is 18.6. The van der Waals surface area contributed by atoms with E-state index in [1.807, 2.05) is 45.0 Å². The third kappa shape index (κ3) is 6.95. The van der Waals surface area contributed by atoms with Gasteiger partial charge < -0.3 is 19.7 Å². The van der Waals surface area contributed by atoms with Gasteiger partial charge in [0.2, 0.25) is 5.91 Å². The number of carbonyl (C=O) groups is 2. The number of methoxy groups -OCH3 is 1. The van der Waals surface area contributed by atoms with Crippen molar-refractivity contribution < 1.29 is 19.1 Å². The second-order valence-electron chi connectivity index (χ2n) is 7.20. The molecule has 0 radical (unpaired) electrons. The quantitative estimate of drug-likeness (QED) is 0.614. The summed E-state index contributed by atoms with van der Waals surface area (Å²) in [6.07, 6.45) is 0.487. The molecule has 2 rings (SSSR count). The molecule has 1 N–H and O–H groups in total. The molecule has 0 aliphatic rings. The highest BCUT2D eigenvalue weighted by Crippen LogP contribution is 2.18. The summed E-state index contributed by atoms with van der Waals surface area (Å²) in [6, 6.07) is 13.6. The van der Waals surface area contributed by atoms with Crippen LogP contribution in [0.3, 0.4) is 0 Å². The molecule has 162 valence electrons. The molecule has 0 saturated heterocycles. The molecule has 0 saturated carbocycles. The van der Waals surface area contributed by atoms with Crippen LogP contribution in [0.2, 0.25) is 5.02 Å². The van der Waals surface area contributed by atoms with E-state index < -0.39 is 6.04 Å². The molecule has 2 amide bonds. The summed E-state index contributed by atoms with van der Waals surface area (Å²) in [6.45, 7) is 5.78. The van der Waals surface area contributed by atoms with Gasteiger partial charge in [0.1, 0.15) is 17.5 Å². The highest BCUT2D eigenvalue weighted by molar-refractivity contribution is 6.30. The molecule has 2 aromatic carbocycles. The average molecular weight is 433 g/mol. The number of hydrogen-bond acceptors (Lipinski definition) is 4. The van der Waals surface area contributed by atoms with Gasteiger partial charge in [0.05, 0.1) is 7.11 Å². The van der Waals surface area contributed by atoms with Crippen molar-refractivity contribution in [1.82, 2.24) is 10.2 Å². The van der Waals surface area contributed by atoms with Gasteiger partial charge in [-0.25, -0.2) is 0 Å². The number of nitrogens with zero attached hydrogens (tertiary/aromatic N) is 1. The molecule has 0 fully saturated rings. The van der Waals surface area contributed by atoms with Crippen LogP contribution < -0.4 is 14.8 Å². The molecule has 0 aliphatic heterocycles. The number of halogens is 1. The largest absolute Gasteiger partial charge is 0.497 e. The van der Waals surface area contributed by atoms with E-state index in [1.165, 1.54) is 0 Å². The SMILES string of the molecule is CC[C@@H](C(=O)NC(C)C)N(Cc1ccc(OC)cc1)C(=O)COc1ccc(Cl)cc1. The maximum absolute atomic E-state index is 13.1. The summed E-state index contributed by atoms with van der Waals surface area (Å²) >= 11 is 5.89. The van der Waals surface area contributed by atoms with Gasteiger partial charge in [-0.1, -0.05) is 30.7 Å². The third-order valence-corrected chi connectivity index (χ3v) is 4.76. The first-order valence-electron chi connectivity index (χ1n) is 9.95. The summed E-state index contributed by atoms with van der Waals surface area (Å²) in [4.78, 5) is 27.4. The monoisotopic (exact) mass is 432 g/mol. The van der Waals surface area contributed by atoms with Crippen molar-refractivity contribution in [3.05, 3.63) is 59.1 Å². The van der Waals surface area contributed by atoms with Gasteiger partial charge in [0.15, 0.2) is 6.61 Å². The van der Waals surface area contributed by atoms with Crippen LogP contribution in [-0.2, 0) is 16.1 Å². The number of benzene rings is 2. The number of nitrogens with one attached hydrogen (secondary N) is 1. The Morgan fingerprint density at radius 2 is 1.63 bits per heavy atom. The van der Waals surface area contributed by atoms with Crippen LogP contribution >= 0.6 is 11.6 Å². The van der Waals surface area contributed by atoms with Gasteiger partial charge in [-0.15, -0.1) is 0 Å². The van der Waals surface area contributed by atoms with E-state index >= 15 is 0 Å². The smallest absolute Gasteiger partial charge is 0.261 e. The Labute approximate surface area is 183 Å². The Kier molecular flexibility index (Phi) is 8.99. The zero-order chi connectivity index (χ0) is 22.1. The summed E-state index contributed by atoms with van der Waals surface area (Å²) in [7, 11) is 1.60. The van der Waals surface area contributed by atoms with Crippen LogP contribution in [0, 0.1) is 0 Å². The first-order valence-corrected chi connectivity index (χ1v) is 10.3. The van der Waals surface area contributed by atoms with Gasteiger partial charge in [-0.05, 0) is 62.2 Å². The van der Waals surface area contributed by atoms with E-state index in [1.54, 1.807) is 36.3 Å². The maximum atomic E-state index is 13.1. The number of amides is 2. The van der Waals surface area contributed by atoms with Crippen molar-refractivity contribution in [2.45, 2.75) is 45.8 Å². The minimum absolute atomic E-state index is 0.0187. The van der Waals surface area contributed by atoms with Crippen molar-refractivity contribution in [1.29, 1.82) is 0 Å². The Morgan fingerprint density at radius 1 is 1.03 bits per heavy atom. The number of carbonyl (C=O) groups excluding carboxylic acids is 2. The highest BCUT2D eigenvalue weighted by Gasteiger charge is 2.29. The van der Waals surface area contributed by atoms with E-state index in [-0.39, 0.29) is 31.0 Å². The van der Waals surface area contributed by atoms with Crippen LogP contribution in [-0.4, -0.2) is 42.5 Å². The third-order valence-electron chi connectivity index (χ3n) is 4.50. The zero-order valence-electron chi connectivity index (χ0n) is 17.9. The van der Waals surface area contributed by atoms with Crippen molar-refractivity contribution in [2.24, 2.45) is 0 Å². The van der Waals surface area contributed by atoms with E-state index in [0.717, 1.165) is 11.3 Å². The molecule has 0 spiro atoms. The summed E-state index contributed by atoms with van der Waals surface area (Å²) < 4.78 is 10.8. The topological polar surface area (TPSA) is 67.9 Å². The Bertz CT molecular complexity index is 822. The first-order chi connectivity index (χ1) is 14.3. The molecule has 30 heavy (non-hydrogen) atoms. The molecule has 2 aromatic rings. The van der Waals surface area contributed by atoms with Gasteiger partial charge >= 0.3 is 0 Å². The Morgan fingerprint density at radius 3 is 2.17 bits per heavy atom. The van der Waals surface area contributed by atoms with Crippen LogP contribution in [0.25, 0.3) is 0 Å². The second kappa shape index (κ2) is 11.5. The van der Waals surface area contributed by atoms with Crippen molar-refractivity contribution in [3.8, 4) is 11.5 Å². The van der Waals surface area contributed by atoms with E-state index in [9.17, 15) is 9.59 Å². The Hall–Kier alpha value is -2.73. The molecular weight excluding hydrogens is 404 g/mol. The lowest BCUT2D eigenvalue weighted by Crippen LogP contribution is -2.51. The molecule has 7 heteroatoms. The predicted molar refractivity (Wildman–Crippen MR) is 118 cm³/mol. The minimum Gasteiger partial charge on any atom is -0.497 e.